The third kappa shape index (κ3) is 17.8. The molecule has 0 heterocycles. The van der Waals surface area contributed by atoms with Gasteiger partial charge in [0.2, 0.25) is 0 Å². The predicted octanol–water partition coefficient (Wildman–Crippen LogP) is 1.37. The summed E-state index contributed by atoms with van der Waals surface area (Å²) in [6.07, 6.45) is 5.69. The van der Waals surface area contributed by atoms with E-state index in [4.69, 9.17) is 9.29 Å². The molecular formula is C12H23NaO7S. The topological polar surface area (TPSA) is 107 Å². The summed E-state index contributed by atoms with van der Waals surface area (Å²) in [7, 11) is -4.80. The van der Waals surface area contributed by atoms with Gasteiger partial charge in [-0.15, -0.1) is 0 Å². The average Bonchev–Trinajstić information content (AvgIpc) is 2.33. The third-order valence-corrected chi connectivity index (χ3v) is 2.89. The summed E-state index contributed by atoms with van der Waals surface area (Å²) in [4.78, 5) is 22.1. The van der Waals surface area contributed by atoms with Crippen molar-refractivity contribution in [1.82, 2.24) is 0 Å². The number of hydrogen-bond donors (Lipinski definition) is 1. The van der Waals surface area contributed by atoms with Gasteiger partial charge in [0.25, 0.3) is 0 Å². The first-order valence-corrected chi connectivity index (χ1v) is 8.07. The summed E-state index contributed by atoms with van der Waals surface area (Å²) in [6.45, 7) is 2.42. The van der Waals surface area contributed by atoms with Crippen molar-refractivity contribution >= 4 is 51.9 Å². The first-order valence-electron chi connectivity index (χ1n) is 6.70. The Morgan fingerprint density at radius 3 is 2.05 bits per heavy atom. The van der Waals surface area contributed by atoms with Crippen LogP contribution in [0, 0.1) is 0 Å². The summed E-state index contributed by atoms with van der Waals surface area (Å²) in [5, 5.41) is 0. The van der Waals surface area contributed by atoms with Crippen molar-refractivity contribution in [3.8, 4) is 0 Å². The zero-order chi connectivity index (χ0) is 15.4. The van der Waals surface area contributed by atoms with Gasteiger partial charge in [-0.1, -0.05) is 39.0 Å². The fourth-order valence-corrected chi connectivity index (χ4v) is 1.82. The molecule has 0 unspecified atom stereocenters. The molecule has 9 heteroatoms. The van der Waals surface area contributed by atoms with Crippen molar-refractivity contribution in [1.29, 1.82) is 0 Å². The minimum absolute atomic E-state index is 0. The minimum atomic E-state index is -4.80. The molecule has 0 fully saturated rings. The summed E-state index contributed by atoms with van der Waals surface area (Å²) in [5.74, 6) is -1.78. The van der Waals surface area contributed by atoms with Crippen LogP contribution in [-0.4, -0.2) is 61.1 Å². The maximum absolute atomic E-state index is 11.2. The van der Waals surface area contributed by atoms with Crippen LogP contribution in [0.3, 0.4) is 0 Å². The van der Waals surface area contributed by atoms with Crippen LogP contribution < -0.4 is 0 Å². The van der Waals surface area contributed by atoms with Crippen LogP contribution in [0.5, 0.6) is 0 Å². The first-order chi connectivity index (χ1) is 9.35. The van der Waals surface area contributed by atoms with Crippen molar-refractivity contribution in [3.63, 3.8) is 0 Å². The van der Waals surface area contributed by atoms with Crippen molar-refractivity contribution in [2.45, 2.75) is 58.3 Å². The zero-order valence-corrected chi connectivity index (χ0v) is 12.5. The van der Waals surface area contributed by atoms with Crippen molar-refractivity contribution in [2.24, 2.45) is 0 Å². The van der Waals surface area contributed by atoms with E-state index in [0.717, 1.165) is 19.3 Å². The number of carbonyl (C=O) groups is 2. The van der Waals surface area contributed by atoms with Crippen LogP contribution >= 0.6 is 0 Å². The molecule has 0 amide bonds. The third-order valence-electron chi connectivity index (χ3n) is 2.49. The summed E-state index contributed by atoms with van der Waals surface area (Å²) in [5.41, 5.74) is 0. The van der Waals surface area contributed by atoms with Gasteiger partial charge >= 0.3 is 51.9 Å². The first kappa shape index (κ1) is 23.1. The normalized spacial score (nSPS) is 10.6. The molecule has 0 aromatic rings. The van der Waals surface area contributed by atoms with E-state index in [-0.39, 0.29) is 42.6 Å². The molecule has 0 aromatic carbocycles. The molecule has 0 bridgehead atoms. The van der Waals surface area contributed by atoms with Crippen molar-refractivity contribution in [2.75, 3.05) is 6.61 Å². The van der Waals surface area contributed by atoms with Gasteiger partial charge in [-0.2, -0.15) is 8.42 Å². The van der Waals surface area contributed by atoms with Gasteiger partial charge in [0.05, 0.1) is 19.4 Å². The van der Waals surface area contributed by atoms with E-state index < -0.39 is 28.8 Å². The average molecular weight is 334 g/mol. The molecule has 0 aliphatic heterocycles. The fourth-order valence-electron chi connectivity index (χ4n) is 1.50. The van der Waals surface area contributed by atoms with Gasteiger partial charge in [0.15, 0.2) is 0 Å². The van der Waals surface area contributed by atoms with Gasteiger partial charge in [-0.05, 0) is 6.42 Å². The van der Waals surface area contributed by atoms with E-state index in [1.54, 1.807) is 0 Å². The van der Waals surface area contributed by atoms with Gasteiger partial charge in [-0.25, -0.2) is 0 Å². The Bertz CT molecular complexity index is 394. The van der Waals surface area contributed by atoms with Crippen molar-refractivity contribution < 1.29 is 31.5 Å². The molecular weight excluding hydrogens is 311 g/mol. The van der Waals surface area contributed by atoms with E-state index in [1.807, 2.05) is 0 Å². The Kier molecular flexibility index (Phi) is 14.9. The SMILES string of the molecule is CCCCCCCCOC(=O)CCC(=O)OS(=O)(=O)O.[NaH]. The van der Waals surface area contributed by atoms with Crippen LogP contribution in [0.4, 0.5) is 0 Å². The number of hydrogen-bond acceptors (Lipinski definition) is 6. The maximum atomic E-state index is 11.2. The molecule has 0 saturated carbocycles. The summed E-state index contributed by atoms with van der Waals surface area (Å²) in [6, 6.07) is 0. The van der Waals surface area contributed by atoms with E-state index in [2.05, 4.69) is 11.1 Å². The van der Waals surface area contributed by atoms with Crippen LogP contribution in [0.15, 0.2) is 0 Å². The number of rotatable bonds is 11. The second-order valence-corrected chi connectivity index (χ2v) is 5.39. The fraction of sp³-hybridized carbons (Fsp3) is 0.833. The summed E-state index contributed by atoms with van der Waals surface area (Å²) < 4.78 is 37.2. The quantitative estimate of drug-likeness (QED) is 0.263. The molecule has 120 valence electrons. The molecule has 0 saturated heterocycles. The molecule has 0 radical (unpaired) electrons. The second kappa shape index (κ2) is 13.5. The van der Waals surface area contributed by atoms with Gasteiger partial charge < -0.3 is 8.92 Å². The molecule has 21 heavy (non-hydrogen) atoms. The Hall–Kier alpha value is -0.150. The van der Waals surface area contributed by atoms with E-state index in [1.165, 1.54) is 19.3 Å². The molecule has 0 spiro atoms. The molecule has 0 atom stereocenters. The number of carbonyl (C=O) groups excluding carboxylic acids is 2. The van der Waals surface area contributed by atoms with Crippen LogP contribution in [-0.2, 0) is 28.9 Å². The molecule has 1 N–H and O–H groups in total. The van der Waals surface area contributed by atoms with E-state index in [9.17, 15) is 18.0 Å². The number of esters is 1. The van der Waals surface area contributed by atoms with Crippen LogP contribution in [0.25, 0.3) is 0 Å². The van der Waals surface area contributed by atoms with Crippen LogP contribution in [0.1, 0.15) is 58.3 Å². The predicted molar refractivity (Wildman–Crippen MR) is 78.4 cm³/mol. The summed E-state index contributed by atoms with van der Waals surface area (Å²) >= 11 is 0. The van der Waals surface area contributed by atoms with E-state index in [0.29, 0.717) is 0 Å². The Balaban J connectivity index is 0. The van der Waals surface area contributed by atoms with Gasteiger partial charge in [-0.3, -0.25) is 14.1 Å². The molecule has 7 nitrogen and oxygen atoms in total. The second-order valence-electron chi connectivity index (χ2n) is 4.37. The molecule has 0 aromatic heterocycles. The standard InChI is InChI=1S/C12H22O7S.Na.H/c1-2-3-4-5-6-7-10-18-11(13)8-9-12(14)19-20(15,16)17;;/h2-10H2,1H3,(H,15,16,17);;. The Morgan fingerprint density at radius 2 is 1.48 bits per heavy atom. The van der Waals surface area contributed by atoms with E-state index >= 15 is 0 Å². The van der Waals surface area contributed by atoms with Crippen LogP contribution in [0.2, 0.25) is 0 Å². The molecule has 0 aliphatic carbocycles. The van der Waals surface area contributed by atoms with Gasteiger partial charge in [0.1, 0.15) is 0 Å². The van der Waals surface area contributed by atoms with Gasteiger partial charge in [0, 0.05) is 0 Å². The molecule has 0 aliphatic rings. The van der Waals surface area contributed by atoms with Crippen molar-refractivity contribution in [3.05, 3.63) is 0 Å². The monoisotopic (exact) mass is 334 g/mol. The molecule has 0 rings (SSSR count). The Morgan fingerprint density at radius 1 is 0.952 bits per heavy atom. The Labute approximate surface area is 148 Å². The number of unbranched alkanes of at least 4 members (excludes halogenated alkanes) is 5. The zero-order valence-electron chi connectivity index (χ0n) is 11.7. The number of ether oxygens (including phenoxy) is 1.